The second kappa shape index (κ2) is 5.78. The lowest BCUT2D eigenvalue weighted by atomic mass is 9.63. The summed E-state index contributed by atoms with van der Waals surface area (Å²) in [5.74, 6) is -0.392. The summed E-state index contributed by atoms with van der Waals surface area (Å²) in [5, 5.41) is 32.3. The molecule has 146 valence electrons. The Balaban J connectivity index is 1.86. The SMILES string of the molecule is CC12CCC(C(=O)Nc3ncc([N+](=O)[O-])s3)(c3nc(C#N)c(C#N)nc31)C2(C)C. The van der Waals surface area contributed by atoms with E-state index in [4.69, 9.17) is 0 Å². The van der Waals surface area contributed by atoms with Gasteiger partial charge in [0.15, 0.2) is 16.5 Å². The summed E-state index contributed by atoms with van der Waals surface area (Å²) in [6.07, 6.45) is 2.23. The van der Waals surface area contributed by atoms with E-state index in [1.807, 2.05) is 32.9 Å². The van der Waals surface area contributed by atoms with E-state index in [2.05, 4.69) is 20.3 Å². The topological polar surface area (TPSA) is 158 Å². The Kier molecular flexibility index (Phi) is 3.77. The first-order chi connectivity index (χ1) is 13.6. The number of hydrogen-bond acceptors (Lipinski definition) is 9. The Morgan fingerprint density at radius 1 is 1.21 bits per heavy atom. The molecule has 0 radical (unpaired) electrons. The number of nitriles is 2. The molecule has 11 heteroatoms. The third kappa shape index (κ3) is 2.13. The van der Waals surface area contributed by atoms with Gasteiger partial charge in [-0.3, -0.25) is 14.9 Å². The smallest absolute Gasteiger partial charge is 0.301 e. The summed E-state index contributed by atoms with van der Waals surface area (Å²) in [6, 6.07) is 3.79. The molecule has 1 amide bonds. The van der Waals surface area contributed by atoms with E-state index in [0.29, 0.717) is 24.2 Å². The average molecular weight is 409 g/mol. The lowest BCUT2D eigenvalue weighted by Gasteiger charge is -2.39. The molecule has 2 aliphatic rings. The summed E-state index contributed by atoms with van der Waals surface area (Å²) < 4.78 is 0. The molecule has 2 aromatic rings. The van der Waals surface area contributed by atoms with Crippen molar-refractivity contribution in [2.45, 2.75) is 44.4 Å². The summed E-state index contributed by atoms with van der Waals surface area (Å²) in [6.45, 7) is 5.89. The van der Waals surface area contributed by atoms with E-state index in [1.54, 1.807) is 0 Å². The van der Waals surface area contributed by atoms with Gasteiger partial charge in [0.05, 0.1) is 21.7 Å². The quantitative estimate of drug-likeness (QED) is 0.598. The molecule has 0 aliphatic heterocycles. The number of nitrogens with zero attached hydrogens (tertiary/aromatic N) is 6. The summed E-state index contributed by atoms with van der Waals surface area (Å²) >= 11 is 0.772. The molecule has 1 N–H and O–H groups in total. The van der Waals surface area contributed by atoms with Gasteiger partial charge in [0.1, 0.15) is 18.3 Å². The largest absolute Gasteiger partial charge is 0.345 e. The molecular weight excluding hydrogens is 394 g/mol. The fraction of sp³-hybridized carbons (Fsp3) is 0.444. The summed E-state index contributed by atoms with van der Waals surface area (Å²) in [7, 11) is 0. The van der Waals surface area contributed by atoms with E-state index in [1.165, 1.54) is 0 Å². The van der Waals surface area contributed by atoms with Gasteiger partial charge in [-0.15, -0.1) is 0 Å². The van der Waals surface area contributed by atoms with Crippen molar-refractivity contribution in [2.24, 2.45) is 5.41 Å². The zero-order chi connectivity index (χ0) is 21.2. The number of nitrogens with one attached hydrogen (secondary N) is 1. The molecule has 10 nitrogen and oxygen atoms in total. The van der Waals surface area contributed by atoms with Gasteiger partial charge in [-0.25, -0.2) is 15.0 Å². The molecule has 2 unspecified atom stereocenters. The summed E-state index contributed by atoms with van der Waals surface area (Å²) in [4.78, 5) is 36.6. The fourth-order valence-corrected chi connectivity index (χ4v) is 5.38. The maximum Gasteiger partial charge on any atom is 0.345 e. The zero-order valence-electron chi connectivity index (χ0n) is 15.8. The van der Waals surface area contributed by atoms with Crippen LogP contribution in [0.25, 0.3) is 0 Å². The van der Waals surface area contributed by atoms with E-state index < -0.39 is 27.1 Å². The van der Waals surface area contributed by atoms with Crippen LogP contribution in [0.2, 0.25) is 0 Å². The van der Waals surface area contributed by atoms with Crippen LogP contribution < -0.4 is 5.32 Å². The number of carbonyl (C=O) groups is 1. The molecule has 1 saturated carbocycles. The third-order valence-corrected chi connectivity index (χ3v) is 7.63. The molecule has 2 aromatic heterocycles. The van der Waals surface area contributed by atoms with Gasteiger partial charge in [0.2, 0.25) is 5.91 Å². The third-order valence-electron chi connectivity index (χ3n) is 6.76. The standard InChI is InChI=1S/C18H15N7O3S/c1-16(2)17(3)4-5-18(16,13-12(17)22-9(6-19)10(7-20)23-13)14(26)24-15-21-8-11(29-15)25(27)28/h8H,4-5H2,1-3H3,(H,21,24,26). The molecule has 0 spiro atoms. The minimum Gasteiger partial charge on any atom is -0.301 e. The van der Waals surface area contributed by atoms with Crippen molar-refractivity contribution in [1.82, 2.24) is 15.0 Å². The highest BCUT2D eigenvalue weighted by Gasteiger charge is 2.73. The number of anilines is 1. The molecule has 29 heavy (non-hydrogen) atoms. The monoisotopic (exact) mass is 409 g/mol. The molecular formula is C18H15N7O3S. The Morgan fingerprint density at radius 2 is 1.83 bits per heavy atom. The van der Waals surface area contributed by atoms with Crippen LogP contribution in [0.1, 0.15) is 56.4 Å². The molecule has 1 fully saturated rings. The van der Waals surface area contributed by atoms with E-state index >= 15 is 0 Å². The number of carbonyl (C=O) groups excluding carboxylic acids is 1. The van der Waals surface area contributed by atoms with Crippen molar-refractivity contribution in [2.75, 3.05) is 5.32 Å². The van der Waals surface area contributed by atoms with Crippen molar-refractivity contribution < 1.29 is 9.72 Å². The highest BCUT2D eigenvalue weighted by Crippen LogP contribution is 2.70. The van der Waals surface area contributed by atoms with Crippen molar-refractivity contribution in [3.8, 4) is 12.1 Å². The van der Waals surface area contributed by atoms with Crippen LogP contribution >= 0.6 is 11.3 Å². The minimum atomic E-state index is -1.09. The van der Waals surface area contributed by atoms with Gasteiger partial charge in [-0.05, 0) is 29.6 Å². The van der Waals surface area contributed by atoms with Crippen molar-refractivity contribution in [3.63, 3.8) is 0 Å². The summed E-state index contributed by atoms with van der Waals surface area (Å²) in [5.41, 5.74) is -1.43. The predicted molar refractivity (Wildman–Crippen MR) is 101 cm³/mol. The fourth-order valence-electron chi connectivity index (χ4n) is 4.75. The molecule has 2 atom stereocenters. The van der Waals surface area contributed by atoms with Crippen LogP contribution in [-0.4, -0.2) is 25.8 Å². The Labute approximate surface area is 169 Å². The number of thiazole rings is 1. The number of amides is 1. The number of nitro groups is 1. The second-order valence-electron chi connectivity index (χ2n) is 7.92. The van der Waals surface area contributed by atoms with E-state index in [-0.39, 0.29) is 21.5 Å². The molecule has 0 aromatic carbocycles. The molecule has 0 saturated heterocycles. The van der Waals surface area contributed by atoms with Gasteiger partial charge in [0.25, 0.3) is 0 Å². The highest BCUT2D eigenvalue weighted by atomic mass is 32.1. The van der Waals surface area contributed by atoms with Crippen LogP contribution in [-0.2, 0) is 15.6 Å². The van der Waals surface area contributed by atoms with Crippen LogP contribution in [0.15, 0.2) is 6.20 Å². The number of fused-ring (bicyclic) bond motifs is 5. The maximum absolute atomic E-state index is 13.5. The Morgan fingerprint density at radius 3 is 2.38 bits per heavy atom. The zero-order valence-corrected chi connectivity index (χ0v) is 16.6. The average Bonchev–Trinajstić information content (AvgIpc) is 3.27. The molecule has 2 aliphatic carbocycles. The predicted octanol–water partition coefficient (Wildman–Crippen LogP) is 2.55. The van der Waals surface area contributed by atoms with Crippen LogP contribution in [0, 0.1) is 38.2 Å². The number of rotatable bonds is 3. The number of hydrogen-bond donors (Lipinski definition) is 1. The first-order valence-electron chi connectivity index (χ1n) is 8.77. The molecule has 2 heterocycles. The Bertz CT molecular complexity index is 1180. The Hall–Kier alpha value is -3.44. The van der Waals surface area contributed by atoms with Crippen molar-refractivity contribution in [3.05, 3.63) is 39.1 Å². The van der Waals surface area contributed by atoms with Gasteiger partial charge in [-0.1, -0.05) is 20.8 Å². The van der Waals surface area contributed by atoms with Gasteiger partial charge < -0.3 is 5.32 Å². The van der Waals surface area contributed by atoms with Crippen molar-refractivity contribution >= 4 is 27.4 Å². The molecule has 2 bridgehead atoms. The second-order valence-corrected chi connectivity index (χ2v) is 8.93. The minimum absolute atomic E-state index is 0.0538. The molecule has 4 rings (SSSR count). The number of aromatic nitrogens is 3. The lowest BCUT2D eigenvalue weighted by molar-refractivity contribution is -0.380. The first-order valence-corrected chi connectivity index (χ1v) is 9.59. The van der Waals surface area contributed by atoms with Gasteiger partial charge in [0, 0.05) is 5.41 Å². The lowest BCUT2D eigenvalue weighted by Crippen LogP contribution is -2.48. The first kappa shape index (κ1) is 18.9. The van der Waals surface area contributed by atoms with Gasteiger partial charge in [-0.2, -0.15) is 10.5 Å². The van der Waals surface area contributed by atoms with Crippen LogP contribution in [0.4, 0.5) is 10.1 Å². The normalized spacial score (nSPS) is 25.7. The van der Waals surface area contributed by atoms with Gasteiger partial charge >= 0.3 is 5.00 Å². The van der Waals surface area contributed by atoms with Crippen LogP contribution in [0.5, 0.6) is 0 Å². The van der Waals surface area contributed by atoms with Crippen LogP contribution in [0.3, 0.4) is 0 Å². The highest BCUT2D eigenvalue weighted by molar-refractivity contribution is 7.18. The maximum atomic E-state index is 13.5. The van der Waals surface area contributed by atoms with E-state index in [0.717, 1.165) is 17.5 Å². The van der Waals surface area contributed by atoms with E-state index in [9.17, 15) is 25.4 Å². The van der Waals surface area contributed by atoms with Crippen molar-refractivity contribution in [1.29, 1.82) is 10.5 Å².